The van der Waals surface area contributed by atoms with E-state index in [2.05, 4.69) is 55.2 Å². The molecule has 7 heteroatoms. The van der Waals surface area contributed by atoms with Crippen LogP contribution >= 0.6 is 0 Å². The van der Waals surface area contributed by atoms with Gasteiger partial charge in [0, 0.05) is 49.8 Å². The van der Waals surface area contributed by atoms with Crippen molar-refractivity contribution in [3.05, 3.63) is 59.9 Å². The number of benzene rings is 1. The molecule has 2 unspecified atom stereocenters. The van der Waals surface area contributed by atoms with Crippen LogP contribution in [0.3, 0.4) is 0 Å². The fraction of sp³-hybridized carbons (Fsp3) is 0.519. The van der Waals surface area contributed by atoms with Gasteiger partial charge in [-0.05, 0) is 55.6 Å². The van der Waals surface area contributed by atoms with Gasteiger partial charge in [0.05, 0.1) is 6.04 Å². The van der Waals surface area contributed by atoms with Gasteiger partial charge < -0.3 is 15.1 Å². The molecule has 2 saturated heterocycles. The van der Waals surface area contributed by atoms with Gasteiger partial charge in [0.2, 0.25) is 5.91 Å². The third-order valence-corrected chi connectivity index (χ3v) is 6.91. The van der Waals surface area contributed by atoms with Gasteiger partial charge in [0.1, 0.15) is 6.04 Å². The van der Waals surface area contributed by atoms with Gasteiger partial charge in [-0.3, -0.25) is 19.5 Å². The van der Waals surface area contributed by atoms with Crippen molar-refractivity contribution in [1.82, 2.24) is 20.1 Å². The van der Waals surface area contributed by atoms with E-state index in [-0.39, 0.29) is 23.3 Å². The van der Waals surface area contributed by atoms with Gasteiger partial charge in [-0.25, -0.2) is 0 Å². The molecule has 0 bridgehead atoms. The number of carbonyl (C=O) groups is 2. The van der Waals surface area contributed by atoms with E-state index in [0.29, 0.717) is 13.1 Å². The maximum Gasteiger partial charge on any atom is 0.250 e. The van der Waals surface area contributed by atoms with E-state index in [1.807, 2.05) is 29.2 Å². The summed E-state index contributed by atoms with van der Waals surface area (Å²) in [4.78, 5) is 38.1. The summed E-state index contributed by atoms with van der Waals surface area (Å²) in [6.07, 6.45) is 5.14. The Morgan fingerprint density at radius 1 is 1.09 bits per heavy atom. The lowest BCUT2D eigenvalue weighted by molar-refractivity contribution is -0.136. The number of nitrogens with one attached hydrogen (secondary N) is 1. The highest BCUT2D eigenvalue weighted by Gasteiger charge is 2.39. The summed E-state index contributed by atoms with van der Waals surface area (Å²) in [5.74, 6) is -0.107. The number of hydrogen-bond acceptors (Lipinski definition) is 5. The highest BCUT2D eigenvalue weighted by molar-refractivity contribution is 6.03. The molecule has 1 aromatic heterocycles. The topological polar surface area (TPSA) is 68.8 Å². The SMILES string of the molecule is CN1CCN(C(=O)C(c2cccnc2)N(C(=O)C2CCCN2)c2ccc(C(C)(C)C)cc2)CC1. The molecule has 182 valence electrons. The second-order valence-electron chi connectivity index (χ2n) is 10.5. The first-order valence-electron chi connectivity index (χ1n) is 12.3. The molecule has 2 aliphatic heterocycles. The molecule has 4 rings (SSSR count). The Labute approximate surface area is 203 Å². The molecule has 0 saturated carbocycles. The van der Waals surface area contributed by atoms with Gasteiger partial charge in [-0.2, -0.15) is 0 Å². The summed E-state index contributed by atoms with van der Waals surface area (Å²) in [7, 11) is 2.07. The Hall–Kier alpha value is -2.77. The maximum absolute atomic E-state index is 14.0. The Kier molecular flexibility index (Phi) is 7.33. The third-order valence-electron chi connectivity index (χ3n) is 6.91. The van der Waals surface area contributed by atoms with Crippen LogP contribution in [0.2, 0.25) is 0 Å². The van der Waals surface area contributed by atoms with E-state index in [9.17, 15) is 9.59 Å². The highest BCUT2D eigenvalue weighted by atomic mass is 16.2. The minimum Gasteiger partial charge on any atom is -0.338 e. The monoisotopic (exact) mass is 463 g/mol. The highest BCUT2D eigenvalue weighted by Crippen LogP contribution is 2.33. The molecule has 2 amide bonds. The number of rotatable bonds is 5. The van der Waals surface area contributed by atoms with Gasteiger partial charge in [-0.1, -0.05) is 39.0 Å². The van der Waals surface area contributed by atoms with Crippen LogP contribution in [0, 0.1) is 0 Å². The first-order chi connectivity index (χ1) is 16.3. The number of likely N-dealkylation sites (N-methyl/N-ethyl adjacent to an activating group) is 1. The van der Waals surface area contributed by atoms with Crippen molar-refractivity contribution in [3.8, 4) is 0 Å². The first-order valence-corrected chi connectivity index (χ1v) is 12.3. The van der Waals surface area contributed by atoms with Crippen molar-refractivity contribution in [1.29, 1.82) is 0 Å². The first kappa shape index (κ1) is 24.4. The fourth-order valence-electron chi connectivity index (χ4n) is 4.73. The van der Waals surface area contributed by atoms with Gasteiger partial charge in [-0.15, -0.1) is 0 Å². The normalized spacial score (nSPS) is 20.2. The molecule has 2 aromatic rings. The summed E-state index contributed by atoms with van der Waals surface area (Å²) in [6, 6.07) is 10.8. The van der Waals surface area contributed by atoms with Crippen molar-refractivity contribution in [2.24, 2.45) is 0 Å². The predicted octanol–water partition coefficient (Wildman–Crippen LogP) is 2.98. The van der Waals surface area contributed by atoms with Crippen LogP contribution < -0.4 is 10.2 Å². The number of pyridine rings is 1. The molecular weight excluding hydrogens is 426 g/mol. The average Bonchev–Trinajstić information content (AvgIpc) is 3.37. The molecule has 1 N–H and O–H groups in total. The van der Waals surface area contributed by atoms with Crippen molar-refractivity contribution in [2.45, 2.75) is 51.1 Å². The molecule has 0 radical (unpaired) electrons. The maximum atomic E-state index is 14.0. The van der Waals surface area contributed by atoms with Crippen LogP contribution in [-0.4, -0.2) is 72.4 Å². The van der Waals surface area contributed by atoms with Crippen molar-refractivity contribution < 1.29 is 9.59 Å². The second kappa shape index (κ2) is 10.2. The van der Waals surface area contributed by atoms with Crippen LogP contribution in [0.15, 0.2) is 48.8 Å². The zero-order valence-corrected chi connectivity index (χ0v) is 20.8. The molecule has 0 aliphatic carbocycles. The molecule has 1 aromatic carbocycles. The number of hydrogen-bond donors (Lipinski definition) is 1. The van der Waals surface area contributed by atoms with E-state index in [0.717, 1.165) is 43.7 Å². The van der Waals surface area contributed by atoms with Gasteiger partial charge in [0.15, 0.2) is 0 Å². The zero-order chi connectivity index (χ0) is 24.3. The van der Waals surface area contributed by atoms with E-state index < -0.39 is 6.04 Å². The summed E-state index contributed by atoms with van der Waals surface area (Å²) in [5, 5.41) is 3.33. The smallest absolute Gasteiger partial charge is 0.250 e. The molecule has 2 aliphatic rings. The molecular formula is C27H37N5O2. The lowest BCUT2D eigenvalue weighted by Crippen LogP contribution is -2.54. The second-order valence-corrected chi connectivity index (χ2v) is 10.5. The molecule has 34 heavy (non-hydrogen) atoms. The van der Waals surface area contributed by atoms with Crippen LogP contribution in [0.5, 0.6) is 0 Å². The van der Waals surface area contributed by atoms with Crippen LogP contribution in [-0.2, 0) is 15.0 Å². The minimum atomic E-state index is -0.757. The van der Waals surface area contributed by atoms with Crippen LogP contribution in [0.25, 0.3) is 0 Å². The number of aromatic nitrogens is 1. The Morgan fingerprint density at radius 2 is 1.79 bits per heavy atom. The van der Waals surface area contributed by atoms with E-state index >= 15 is 0 Å². The summed E-state index contributed by atoms with van der Waals surface area (Å²) < 4.78 is 0. The fourth-order valence-corrected chi connectivity index (χ4v) is 4.73. The molecule has 2 fully saturated rings. The number of carbonyl (C=O) groups excluding carboxylic acids is 2. The van der Waals surface area contributed by atoms with E-state index in [1.54, 1.807) is 17.3 Å². The van der Waals surface area contributed by atoms with E-state index in [4.69, 9.17) is 0 Å². The Balaban J connectivity index is 1.77. The Morgan fingerprint density at radius 3 is 2.35 bits per heavy atom. The molecule has 7 nitrogen and oxygen atoms in total. The number of amides is 2. The van der Waals surface area contributed by atoms with Crippen LogP contribution in [0.1, 0.15) is 50.8 Å². The minimum absolute atomic E-state index is 0.00121. The lowest BCUT2D eigenvalue weighted by Gasteiger charge is -2.39. The lowest BCUT2D eigenvalue weighted by atomic mass is 9.87. The number of nitrogens with zero attached hydrogens (tertiary/aromatic N) is 4. The largest absolute Gasteiger partial charge is 0.338 e. The van der Waals surface area contributed by atoms with E-state index in [1.165, 1.54) is 5.56 Å². The quantitative estimate of drug-likeness (QED) is 0.738. The van der Waals surface area contributed by atoms with Crippen LogP contribution in [0.4, 0.5) is 5.69 Å². The average molecular weight is 464 g/mol. The molecule has 3 heterocycles. The number of piperazine rings is 1. The van der Waals surface area contributed by atoms with Crippen molar-refractivity contribution >= 4 is 17.5 Å². The third kappa shape index (κ3) is 5.31. The Bertz CT molecular complexity index is 972. The predicted molar refractivity (Wildman–Crippen MR) is 135 cm³/mol. The van der Waals surface area contributed by atoms with Crippen molar-refractivity contribution in [2.75, 3.05) is 44.7 Å². The standard InChI is InChI=1S/C27H37N5O2/c1-27(2,3)21-9-11-22(12-10-21)32(25(33)23-8-6-14-29-23)24(20-7-5-13-28-19-20)26(34)31-17-15-30(4)16-18-31/h5,7,9-13,19,23-24,29H,6,8,14-18H2,1-4H3. The van der Waals surface area contributed by atoms with Crippen molar-refractivity contribution in [3.63, 3.8) is 0 Å². The summed E-state index contributed by atoms with van der Waals surface area (Å²) in [5.41, 5.74) is 2.66. The van der Waals surface area contributed by atoms with Gasteiger partial charge in [0.25, 0.3) is 5.91 Å². The molecule has 0 spiro atoms. The summed E-state index contributed by atoms with van der Waals surface area (Å²) >= 11 is 0. The molecule has 2 atom stereocenters. The number of anilines is 1. The summed E-state index contributed by atoms with van der Waals surface area (Å²) in [6.45, 7) is 10.3. The zero-order valence-electron chi connectivity index (χ0n) is 20.8. The van der Waals surface area contributed by atoms with Gasteiger partial charge >= 0.3 is 0 Å².